The quantitative estimate of drug-likeness (QED) is 0.159. The summed E-state index contributed by atoms with van der Waals surface area (Å²) >= 11 is 0. The van der Waals surface area contributed by atoms with E-state index in [1.54, 1.807) is 0 Å². The summed E-state index contributed by atoms with van der Waals surface area (Å²) in [6.45, 7) is 0. The average molecular weight is 488 g/mol. The van der Waals surface area contributed by atoms with Gasteiger partial charge in [-0.2, -0.15) is 10.2 Å². The second-order valence-electron chi connectivity index (χ2n) is 9.10. The van der Waals surface area contributed by atoms with E-state index < -0.39 is 0 Å². The molecule has 0 N–H and O–H groups in total. The molecule has 0 aromatic heterocycles. The molecule has 2 atom stereocenters. The van der Waals surface area contributed by atoms with Crippen LogP contribution in [-0.4, -0.2) is 36.1 Å². The average Bonchev–Trinajstić information content (AvgIpc) is 3.07. The molecule has 2 saturated heterocycles. The second-order valence-corrected chi connectivity index (χ2v) is 9.10. The maximum absolute atomic E-state index is 13.5. The Morgan fingerprint density at radius 3 is 2.14 bits per heavy atom. The van der Waals surface area contributed by atoms with Crippen LogP contribution in [0.5, 0.6) is 0 Å². The minimum absolute atomic E-state index is 0. The van der Waals surface area contributed by atoms with E-state index in [0.29, 0.717) is 23.3 Å². The highest BCUT2D eigenvalue weighted by molar-refractivity contribution is 6.21. The van der Waals surface area contributed by atoms with E-state index in [9.17, 15) is 4.79 Å². The van der Waals surface area contributed by atoms with E-state index in [1.165, 1.54) is 12.8 Å². The van der Waals surface area contributed by atoms with E-state index in [4.69, 9.17) is 4.74 Å². The molecule has 2 heterocycles. The van der Waals surface area contributed by atoms with Gasteiger partial charge in [-0.15, -0.1) is 12.4 Å². The standard InChI is InChI=1S/C29H29N3O2.ClH/c1-32-25-15-16-26(32)20-27(19-25)34-29(33)28(17-21-9-4-2-5-10-21)22-11-8-14-24(18-22)31-30-23-12-6-3-7-13-23;/h2-14,17-18,25-27H,15-16,19-20H2,1H3;1H/b28-17-,31-30?;. The van der Waals surface area contributed by atoms with Gasteiger partial charge in [-0.3, -0.25) is 0 Å². The molecule has 2 fully saturated rings. The molecule has 0 spiro atoms. The maximum atomic E-state index is 13.5. The number of carbonyl (C=O) groups excluding carboxylic acids is 1. The SMILES string of the molecule is CN1C2CCC1CC(OC(=O)/C(=C\c1ccccc1)c1cccc(N=Nc3ccccc3)c1)C2.Cl. The number of fused-ring (bicyclic) bond motifs is 2. The first-order valence-electron chi connectivity index (χ1n) is 11.9. The lowest BCUT2D eigenvalue weighted by Crippen LogP contribution is -2.43. The van der Waals surface area contributed by atoms with Gasteiger partial charge in [0.1, 0.15) is 6.10 Å². The number of halogens is 1. The van der Waals surface area contributed by atoms with Crippen molar-refractivity contribution in [3.8, 4) is 0 Å². The number of carbonyl (C=O) groups is 1. The van der Waals surface area contributed by atoms with Crippen LogP contribution < -0.4 is 0 Å². The molecule has 2 aliphatic rings. The van der Waals surface area contributed by atoms with E-state index >= 15 is 0 Å². The molecule has 0 saturated carbocycles. The summed E-state index contributed by atoms with van der Waals surface area (Å²) in [6.07, 6.45) is 6.05. The van der Waals surface area contributed by atoms with Crippen molar-refractivity contribution < 1.29 is 9.53 Å². The van der Waals surface area contributed by atoms with Gasteiger partial charge in [0.15, 0.2) is 0 Å². The van der Waals surface area contributed by atoms with E-state index in [2.05, 4.69) is 22.2 Å². The monoisotopic (exact) mass is 487 g/mol. The molecule has 3 aromatic carbocycles. The first-order chi connectivity index (χ1) is 16.7. The number of ether oxygens (including phenoxy) is 1. The van der Waals surface area contributed by atoms with Gasteiger partial charge >= 0.3 is 5.97 Å². The number of rotatable bonds is 6. The molecule has 5 rings (SSSR count). The molecular weight excluding hydrogens is 458 g/mol. The first-order valence-corrected chi connectivity index (χ1v) is 11.9. The fraction of sp³-hybridized carbons (Fsp3) is 0.276. The van der Waals surface area contributed by atoms with Crippen LogP contribution in [0.25, 0.3) is 11.6 Å². The number of hydrogen-bond donors (Lipinski definition) is 0. The highest BCUT2D eigenvalue weighted by Gasteiger charge is 2.40. The topological polar surface area (TPSA) is 54.3 Å². The van der Waals surface area contributed by atoms with Gasteiger partial charge in [-0.1, -0.05) is 60.7 Å². The lowest BCUT2D eigenvalue weighted by Gasteiger charge is -2.35. The molecule has 2 bridgehead atoms. The fourth-order valence-corrected chi connectivity index (χ4v) is 4.99. The van der Waals surface area contributed by atoms with E-state index in [-0.39, 0.29) is 24.5 Å². The van der Waals surface area contributed by atoms with Gasteiger partial charge in [-0.05, 0) is 61.4 Å². The summed E-state index contributed by atoms with van der Waals surface area (Å²) in [4.78, 5) is 15.9. The highest BCUT2D eigenvalue weighted by Crippen LogP contribution is 2.36. The van der Waals surface area contributed by atoms with Gasteiger partial charge in [0.25, 0.3) is 0 Å². The number of nitrogens with zero attached hydrogens (tertiary/aromatic N) is 3. The number of benzene rings is 3. The van der Waals surface area contributed by atoms with Crippen LogP contribution in [0.4, 0.5) is 11.4 Å². The van der Waals surface area contributed by atoms with Gasteiger partial charge in [0, 0.05) is 24.9 Å². The number of hydrogen-bond acceptors (Lipinski definition) is 5. The Kier molecular flexibility index (Phi) is 8.11. The van der Waals surface area contributed by atoms with Gasteiger partial charge in [0.2, 0.25) is 0 Å². The van der Waals surface area contributed by atoms with Crippen molar-refractivity contribution in [3.05, 3.63) is 96.1 Å². The molecule has 2 unspecified atom stereocenters. The zero-order valence-electron chi connectivity index (χ0n) is 19.8. The van der Waals surface area contributed by atoms with Crippen LogP contribution in [0, 0.1) is 0 Å². The molecule has 3 aromatic rings. The molecule has 5 nitrogen and oxygen atoms in total. The number of esters is 1. The van der Waals surface area contributed by atoms with Crippen LogP contribution in [0.15, 0.2) is 95.2 Å². The minimum atomic E-state index is -0.282. The van der Waals surface area contributed by atoms with Crippen molar-refractivity contribution in [1.82, 2.24) is 4.90 Å². The van der Waals surface area contributed by atoms with Crippen molar-refractivity contribution in [2.45, 2.75) is 43.9 Å². The summed E-state index contributed by atoms with van der Waals surface area (Å²) in [5.41, 5.74) is 3.73. The molecule has 35 heavy (non-hydrogen) atoms. The van der Waals surface area contributed by atoms with Crippen molar-refractivity contribution in [3.63, 3.8) is 0 Å². The summed E-state index contributed by atoms with van der Waals surface area (Å²) in [5, 5.41) is 8.69. The second kappa shape index (κ2) is 11.4. The number of piperidine rings is 1. The summed E-state index contributed by atoms with van der Waals surface area (Å²) in [5.74, 6) is -0.282. The van der Waals surface area contributed by atoms with Crippen molar-refractivity contribution >= 4 is 41.4 Å². The highest BCUT2D eigenvalue weighted by atomic mass is 35.5. The van der Waals surface area contributed by atoms with E-state index in [0.717, 1.165) is 29.7 Å². The van der Waals surface area contributed by atoms with Crippen LogP contribution in [0.2, 0.25) is 0 Å². The molecule has 180 valence electrons. The van der Waals surface area contributed by atoms with Gasteiger partial charge in [0.05, 0.1) is 16.9 Å². The van der Waals surface area contributed by atoms with Crippen LogP contribution in [-0.2, 0) is 9.53 Å². The molecule has 2 aliphatic heterocycles. The Labute approximate surface area is 212 Å². The zero-order chi connectivity index (χ0) is 23.3. The Hall–Kier alpha value is -3.28. The summed E-state index contributed by atoms with van der Waals surface area (Å²) in [7, 11) is 2.19. The van der Waals surface area contributed by atoms with Crippen LogP contribution in [0.1, 0.15) is 36.8 Å². The molecule has 0 aliphatic carbocycles. The van der Waals surface area contributed by atoms with Crippen molar-refractivity contribution in [2.24, 2.45) is 10.2 Å². The first kappa shape index (κ1) is 24.8. The van der Waals surface area contributed by atoms with Crippen molar-refractivity contribution in [1.29, 1.82) is 0 Å². The normalized spacial score (nSPS) is 22.1. The lowest BCUT2D eigenvalue weighted by atomic mass is 9.99. The van der Waals surface area contributed by atoms with Crippen LogP contribution >= 0.6 is 12.4 Å². The molecule has 0 radical (unpaired) electrons. The smallest absolute Gasteiger partial charge is 0.339 e. The maximum Gasteiger partial charge on any atom is 0.339 e. The molecular formula is C29H30ClN3O2. The zero-order valence-corrected chi connectivity index (χ0v) is 20.6. The predicted octanol–water partition coefficient (Wildman–Crippen LogP) is 7.23. The third-order valence-corrected chi connectivity index (χ3v) is 6.85. The summed E-state index contributed by atoms with van der Waals surface area (Å²) in [6, 6.07) is 28.1. The minimum Gasteiger partial charge on any atom is -0.459 e. The largest absolute Gasteiger partial charge is 0.459 e. The Bertz CT molecular complexity index is 1180. The predicted molar refractivity (Wildman–Crippen MR) is 142 cm³/mol. The third kappa shape index (κ3) is 6.05. The third-order valence-electron chi connectivity index (χ3n) is 6.85. The fourth-order valence-electron chi connectivity index (χ4n) is 4.99. The van der Waals surface area contributed by atoms with Gasteiger partial charge in [-0.25, -0.2) is 4.79 Å². The molecule has 6 heteroatoms. The van der Waals surface area contributed by atoms with Crippen LogP contribution in [0.3, 0.4) is 0 Å². The molecule has 0 amide bonds. The van der Waals surface area contributed by atoms with E-state index in [1.807, 2.05) is 91.0 Å². The van der Waals surface area contributed by atoms with Crippen molar-refractivity contribution in [2.75, 3.05) is 7.05 Å². The summed E-state index contributed by atoms with van der Waals surface area (Å²) < 4.78 is 6.09. The Balaban J connectivity index is 0.00000289. The Morgan fingerprint density at radius 1 is 0.857 bits per heavy atom. The Morgan fingerprint density at radius 2 is 1.46 bits per heavy atom. The lowest BCUT2D eigenvalue weighted by molar-refractivity contribution is -0.144. The number of azo groups is 1. The van der Waals surface area contributed by atoms with Gasteiger partial charge < -0.3 is 9.64 Å².